The Morgan fingerprint density at radius 1 is 1.38 bits per heavy atom. The molecule has 5 nitrogen and oxygen atoms in total. The third kappa shape index (κ3) is 3.97. The summed E-state index contributed by atoms with van der Waals surface area (Å²) in [6.45, 7) is 1.59. The summed E-state index contributed by atoms with van der Waals surface area (Å²) in [7, 11) is 0. The van der Waals surface area contributed by atoms with Crippen molar-refractivity contribution in [2.75, 3.05) is 6.61 Å². The molecule has 0 N–H and O–H groups in total. The summed E-state index contributed by atoms with van der Waals surface area (Å²) in [6.07, 6.45) is -0.834. The highest BCUT2D eigenvalue weighted by Crippen LogP contribution is 2.44. The summed E-state index contributed by atoms with van der Waals surface area (Å²) >= 11 is 9.77. The molecule has 1 heterocycles. The number of benzene rings is 1. The van der Waals surface area contributed by atoms with Gasteiger partial charge < -0.3 is 14.2 Å². The Labute approximate surface area is 146 Å². The topological polar surface area (TPSA) is 68.6 Å². The number of ether oxygens (including phenoxy) is 3. The number of rotatable bonds is 3. The van der Waals surface area contributed by atoms with Crippen molar-refractivity contribution < 1.29 is 19.0 Å². The SMILES string of the molecule is CC1(COc2ccc(C#N)cc2)OC(C(Br)(Br)Br)OC1=O. The second-order valence-corrected chi connectivity index (χ2v) is 11.5. The minimum absolute atomic E-state index is 0.00267. The smallest absolute Gasteiger partial charge is 0.344 e. The summed E-state index contributed by atoms with van der Waals surface area (Å²) in [5.41, 5.74) is -0.674. The molecule has 0 radical (unpaired) electrons. The van der Waals surface area contributed by atoms with Crippen LogP contribution in [0.5, 0.6) is 5.75 Å². The second kappa shape index (κ2) is 6.24. The third-order valence-corrected chi connectivity index (χ3v) is 3.90. The molecule has 1 aliphatic heterocycles. The van der Waals surface area contributed by atoms with Gasteiger partial charge in [-0.15, -0.1) is 0 Å². The maximum atomic E-state index is 11.9. The largest absolute Gasteiger partial charge is 0.490 e. The number of cyclic esters (lactones) is 1. The van der Waals surface area contributed by atoms with Crippen LogP contribution in [0.1, 0.15) is 12.5 Å². The third-order valence-electron chi connectivity index (χ3n) is 2.78. The molecular weight excluding hydrogens is 474 g/mol. The molecule has 0 saturated carbocycles. The van der Waals surface area contributed by atoms with Gasteiger partial charge in [-0.3, -0.25) is 0 Å². The van der Waals surface area contributed by atoms with Crippen molar-refractivity contribution in [3.63, 3.8) is 0 Å². The van der Waals surface area contributed by atoms with Gasteiger partial charge in [-0.05, 0) is 31.2 Å². The standard InChI is InChI=1S/C13H10Br3NO4/c1-12(10(18)20-11(21-12)13(14,15)16)7-19-9-4-2-8(6-17)3-5-9/h2-5,11H,7H2,1H3. The molecule has 8 heteroatoms. The summed E-state index contributed by atoms with van der Waals surface area (Å²) < 4.78 is 15.4. The first-order valence-corrected chi connectivity index (χ1v) is 8.21. The minimum Gasteiger partial charge on any atom is -0.490 e. The predicted molar refractivity (Wildman–Crippen MR) is 85.5 cm³/mol. The van der Waals surface area contributed by atoms with Crippen LogP contribution in [0.15, 0.2) is 24.3 Å². The van der Waals surface area contributed by atoms with Gasteiger partial charge in [-0.25, -0.2) is 4.79 Å². The number of carbonyl (C=O) groups is 1. The van der Waals surface area contributed by atoms with E-state index in [1.54, 1.807) is 31.2 Å². The second-order valence-electron chi connectivity index (χ2n) is 4.55. The van der Waals surface area contributed by atoms with Gasteiger partial charge >= 0.3 is 5.97 Å². The van der Waals surface area contributed by atoms with Crippen molar-refractivity contribution in [3.05, 3.63) is 29.8 Å². The van der Waals surface area contributed by atoms with Crippen LogP contribution in [-0.4, -0.2) is 26.6 Å². The van der Waals surface area contributed by atoms with E-state index < -0.39 is 20.0 Å². The van der Waals surface area contributed by atoms with Gasteiger partial charge in [0.05, 0.1) is 11.6 Å². The maximum absolute atomic E-state index is 11.9. The van der Waals surface area contributed by atoms with E-state index in [-0.39, 0.29) is 6.61 Å². The fraction of sp³-hybridized carbons (Fsp3) is 0.385. The summed E-state index contributed by atoms with van der Waals surface area (Å²) in [6, 6.07) is 8.60. The van der Waals surface area contributed by atoms with E-state index in [0.717, 1.165) is 0 Å². The lowest BCUT2D eigenvalue weighted by Crippen LogP contribution is -2.40. The van der Waals surface area contributed by atoms with Crippen LogP contribution in [0, 0.1) is 11.3 Å². The highest BCUT2D eigenvalue weighted by molar-refractivity contribution is 9.39. The number of halogens is 3. The Morgan fingerprint density at radius 3 is 2.48 bits per heavy atom. The zero-order chi connectivity index (χ0) is 15.7. The van der Waals surface area contributed by atoms with Crippen LogP contribution in [0.2, 0.25) is 0 Å². The number of hydrogen-bond donors (Lipinski definition) is 0. The average Bonchev–Trinajstić information content (AvgIpc) is 2.74. The van der Waals surface area contributed by atoms with E-state index >= 15 is 0 Å². The van der Waals surface area contributed by atoms with E-state index in [0.29, 0.717) is 11.3 Å². The molecule has 2 rings (SSSR count). The van der Waals surface area contributed by atoms with Gasteiger partial charge in [-0.1, -0.05) is 47.8 Å². The van der Waals surface area contributed by atoms with E-state index in [4.69, 9.17) is 19.5 Å². The molecule has 1 saturated heterocycles. The first-order chi connectivity index (χ1) is 9.74. The highest BCUT2D eigenvalue weighted by Gasteiger charge is 2.53. The Bertz CT molecular complexity index is 579. The van der Waals surface area contributed by atoms with Crippen LogP contribution in [0.3, 0.4) is 0 Å². The molecule has 0 spiro atoms. The van der Waals surface area contributed by atoms with Crippen LogP contribution in [-0.2, 0) is 14.3 Å². The number of nitrogens with zero attached hydrogens (tertiary/aromatic N) is 1. The molecule has 0 aliphatic carbocycles. The average molecular weight is 484 g/mol. The molecule has 2 atom stereocenters. The van der Waals surface area contributed by atoms with Gasteiger partial charge in [0.2, 0.25) is 6.29 Å². The number of carbonyl (C=O) groups excluding carboxylic acids is 1. The number of nitriles is 1. The number of esters is 1. The molecule has 2 unspecified atom stereocenters. The normalized spacial score (nSPS) is 25.3. The predicted octanol–water partition coefficient (Wildman–Crippen LogP) is 3.43. The minimum atomic E-state index is -1.21. The lowest BCUT2D eigenvalue weighted by molar-refractivity contribution is -0.145. The molecule has 112 valence electrons. The van der Waals surface area contributed by atoms with Gasteiger partial charge in [0.1, 0.15) is 12.4 Å². The molecular formula is C13H10Br3NO4. The molecule has 0 bridgehead atoms. The van der Waals surface area contributed by atoms with Gasteiger partial charge in [0, 0.05) is 0 Å². The van der Waals surface area contributed by atoms with Crippen molar-refractivity contribution in [1.29, 1.82) is 5.26 Å². The molecule has 21 heavy (non-hydrogen) atoms. The van der Waals surface area contributed by atoms with E-state index in [9.17, 15) is 4.79 Å². The quantitative estimate of drug-likeness (QED) is 0.486. The van der Waals surface area contributed by atoms with Crippen molar-refractivity contribution in [2.45, 2.75) is 21.0 Å². The maximum Gasteiger partial charge on any atom is 0.344 e. The lowest BCUT2D eigenvalue weighted by atomic mass is 10.1. The van der Waals surface area contributed by atoms with Gasteiger partial charge in [0.15, 0.2) is 7.74 Å². The Kier molecular flexibility index (Phi) is 4.98. The summed E-state index contributed by atoms with van der Waals surface area (Å²) in [5.74, 6) is 0.0294. The van der Waals surface area contributed by atoms with Crippen LogP contribution in [0.4, 0.5) is 0 Å². The first-order valence-electron chi connectivity index (χ1n) is 5.83. The summed E-state index contributed by atoms with van der Waals surface area (Å²) in [5, 5.41) is 8.73. The first kappa shape index (κ1) is 16.7. The number of hydrogen-bond acceptors (Lipinski definition) is 5. The molecule has 1 aromatic carbocycles. The summed E-state index contributed by atoms with van der Waals surface area (Å²) in [4.78, 5) is 11.9. The van der Waals surface area contributed by atoms with E-state index in [1.165, 1.54) is 0 Å². The van der Waals surface area contributed by atoms with Crippen LogP contribution in [0.25, 0.3) is 0 Å². The Morgan fingerprint density at radius 2 is 2.00 bits per heavy atom. The van der Waals surface area contributed by atoms with Gasteiger partial charge in [-0.2, -0.15) is 5.26 Å². The van der Waals surface area contributed by atoms with Crippen molar-refractivity contribution >= 4 is 53.8 Å². The van der Waals surface area contributed by atoms with E-state index in [2.05, 4.69) is 47.8 Å². The van der Waals surface area contributed by atoms with Crippen LogP contribution < -0.4 is 4.74 Å². The number of alkyl halides is 3. The van der Waals surface area contributed by atoms with Crippen molar-refractivity contribution in [3.8, 4) is 11.8 Å². The van der Waals surface area contributed by atoms with Gasteiger partial charge in [0.25, 0.3) is 0 Å². The monoisotopic (exact) mass is 481 g/mol. The molecule has 1 fully saturated rings. The van der Waals surface area contributed by atoms with Crippen molar-refractivity contribution in [1.82, 2.24) is 0 Å². The Hall–Kier alpha value is -0.620. The van der Waals surface area contributed by atoms with Crippen molar-refractivity contribution in [2.24, 2.45) is 0 Å². The molecule has 1 aromatic rings. The Balaban J connectivity index is 2.01. The highest BCUT2D eigenvalue weighted by atomic mass is 80.0. The lowest BCUT2D eigenvalue weighted by Gasteiger charge is -2.22. The fourth-order valence-electron chi connectivity index (χ4n) is 1.60. The molecule has 1 aliphatic rings. The fourth-order valence-corrected chi connectivity index (χ4v) is 2.16. The molecule has 0 amide bonds. The zero-order valence-electron chi connectivity index (χ0n) is 10.8. The molecule has 0 aromatic heterocycles. The zero-order valence-corrected chi connectivity index (χ0v) is 15.6. The van der Waals surface area contributed by atoms with Crippen LogP contribution >= 0.6 is 47.8 Å². The van der Waals surface area contributed by atoms with E-state index in [1.807, 2.05) is 6.07 Å².